The molecule has 2 aromatic rings. The molecule has 0 saturated carbocycles. The number of aryl methyl sites for hydroxylation is 1. The van der Waals surface area contributed by atoms with Crippen LogP contribution in [0.1, 0.15) is 5.56 Å². The fourth-order valence-corrected chi connectivity index (χ4v) is 1.29. The Balaban J connectivity index is 2.51. The van der Waals surface area contributed by atoms with Crippen molar-refractivity contribution < 1.29 is 9.45 Å². The summed E-state index contributed by atoms with van der Waals surface area (Å²) < 4.78 is 4.82. The van der Waals surface area contributed by atoms with E-state index in [0.717, 1.165) is 0 Å². The molecule has 0 aliphatic rings. The molecule has 1 aromatic carbocycles. The van der Waals surface area contributed by atoms with Gasteiger partial charge in [0.25, 0.3) is 17.5 Å². The Morgan fingerprint density at radius 3 is 2.81 bits per heavy atom. The van der Waals surface area contributed by atoms with E-state index in [1.165, 1.54) is 6.07 Å². The molecule has 0 fully saturated rings. The van der Waals surface area contributed by atoms with E-state index in [-0.39, 0.29) is 17.5 Å². The van der Waals surface area contributed by atoms with Crippen LogP contribution < -0.4 is 5.73 Å². The van der Waals surface area contributed by atoms with Gasteiger partial charge in [0.05, 0.1) is 4.92 Å². The number of nitrogens with two attached hydrogens (primary N) is 1. The van der Waals surface area contributed by atoms with Gasteiger partial charge in [0.1, 0.15) is 0 Å². The molecular weight excluding hydrogens is 212 g/mol. The van der Waals surface area contributed by atoms with Crippen molar-refractivity contribution in [2.24, 2.45) is 0 Å². The number of nitrogens with zero attached hydrogens (tertiary/aromatic N) is 3. The third-order valence-electron chi connectivity index (χ3n) is 2.09. The van der Waals surface area contributed by atoms with Gasteiger partial charge in [-0.2, -0.15) is 4.98 Å². The van der Waals surface area contributed by atoms with Gasteiger partial charge in [-0.05, 0) is 18.1 Å². The molecular formula is C9H8N4O3. The highest BCUT2D eigenvalue weighted by atomic mass is 16.6. The zero-order valence-corrected chi connectivity index (χ0v) is 8.38. The topological polar surface area (TPSA) is 108 Å². The van der Waals surface area contributed by atoms with Gasteiger partial charge in [-0.1, -0.05) is 6.07 Å². The first kappa shape index (κ1) is 10.1. The van der Waals surface area contributed by atoms with Crippen LogP contribution in [0, 0.1) is 17.0 Å². The lowest BCUT2D eigenvalue weighted by Crippen LogP contribution is -1.92. The van der Waals surface area contributed by atoms with Gasteiger partial charge in [0.15, 0.2) is 0 Å². The van der Waals surface area contributed by atoms with E-state index >= 15 is 0 Å². The monoisotopic (exact) mass is 220 g/mol. The second-order valence-corrected chi connectivity index (χ2v) is 3.22. The molecule has 1 heterocycles. The van der Waals surface area contributed by atoms with Crippen molar-refractivity contribution in [3.8, 4) is 11.5 Å². The molecule has 82 valence electrons. The van der Waals surface area contributed by atoms with E-state index < -0.39 is 4.92 Å². The predicted molar refractivity (Wildman–Crippen MR) is 55.5 cm³/mol. The second-order valence-electron chi connectivity index (χ2n) is 3.22. The van der Waals surface area contributed by atoms with Gasteiger partial charge in [0.2, 0.25) is 0 Å². The van der Waals surface area contributed by atoms with Crippen molar-refractivity contribution in [2.75, 3.05) is 5.73 Å². The van der Waals surface area contributed by atoms with Gasteiger partial charge >= 0.3 is 0 Å². The lowest BCUT2D eigenvalue weighted by molar-refractivity contribution is -0.385. The van der Waals surface area contributed by atoms with Crippen LogP contribution >= 0.6 is 0 Å². The summed E-state index contributed by atoms with van der Waals surface area (Å²) in [6.45, 7) is 1.66. The van der Waals surface area contributed by atoms with Crippen molar-refractivity contribution in [1.82, 2.24) is 10.1 Å². The van der Waals surface area contributed by atoms with Gasteiger partial charge in [-0.3, -0.25) is 10.1 Å². The summed E-state index contributed by atoms with van der Waals surface area (Å²) in [7, 11) is 0. The summed E-state index contributed by atoms with van der Waals surface area (Å²) >= 11 is 0. The molecule has 7 nitrogen and oxygen atoms in total. The smallest absolute Gasteiger partial charge is 0.273 e. The summed E-state index contributed by atoms with van der Waals surface area (Å²) in [6, 6.07) is 4.66. The Hall–Kier alpha value is -2.44. The number of nitro groups is 1. The fraction of sp³-hybridized carbons (Fsp3) is 0.111. The summed E-state index contributed by atoms with van der Waals surface area (Å²) in [5.74, 6) is 0.166. The normalized spacial score (nSPS) is 10.3. The minimum Gasteiger partial charge on any atom is -0.365 e. The second kappa shape index (κ2) is 3.61. The highest BCUT2D eigenvalue weighted by molar-refractivity contribution is 5.60. The van der Waals surface area contributed by atoms with Gasteiger partial charge < -0.3 is 10.3 Å². The zero-order chi connectivity index (χ0) is 11.7. The minimum absolute atomic E-state index is 0.00164. The molecule has 2 N–H and O–H groups in total. The van der Waals surface area contributed by atoms with Crippen LogP contribution in [-0.4, -0.2) is 15.1 Å². The van der Waals surface area contributed by atoms with Gasteiger partial charge in [-0.15, -0.1) is 0 Å². The first-order valence-electron chi connectivity index (χ1n) is 4.42. The zero-order valence-electron chi connectivity index (χ0n) is 8.38. The minimum atomic E-state index is -0.460. The molecule has 0 unspecified atom stereocenters. The van der Waals surface area contributed by atoms with E-state index in [9.17, 15) is 10.1 Å². The molecule has 0 amide bonds. The maximum absolute atomic E-state index is 10.7. The summed E-state index contributed by atoms with van der Waals surface area (Å²) in [4.78, 5) is 14.1. The molecule has 7 heteroatoms. The maximum atomic E-state index is 10.7. The van der Waals surface area contributed by atoms with Crippen molar-refractivity contribution >= 4 is 11.6 Å². The average Bonchev–Trinajstić information content (AvgIpc) is 2.65. The van der Waals surface area contributed by atoms with Crippen LogP contribution in [-0.2, 0) is 0 Å². The summed E-state index contributed by atoms with van der Waals surface area (Å²) in [6.07, 6.45) is 0. The highest BCUT2D eigenvalue weighted by Crippen LogP contribution is 2.25. The maximum Gasteiger partial charge on any atom is 0.273 e. The van der Waals surface area contributed by atoms with E-state index in [0.29, 0.717) is 11.1 Å². The lowest BCUT2D eigenvalue weighted by atomic mass is 10.1. The number of hydrogen-bond donors (Lipinski definition) is 1. The molecule has 1 aromatic heterocycles. The van der Waals surface area contributed by atoms with Crippen LogP contribution in [0.4, 0.5) is 11.6 Å². The average molecular weight is 220 g/mol. The van der Waals surface area contributed by atoms with Crippen molar-refractivity contribution in [1.29, 1.82) is 0 Å². The third-order valence-corrected chi connectivity index (χ3v) is 2.09. The Kier molecular flexibility index (Phi) is 2.28. The van der Waals surface area contributed by atoms with Gasteiger partial charge in [-0.25, -0.2) is 0 Å². The third kappa shape index (κ3) is 1.70. The predicted octanol–water partition coefficient (Wildman–Crippen LogP) is 1.54. The van der Waals surface area contributed by atoms with E-state index in [2.05, 4.69) is 10.1 Å². The molecule has 0 aliphatic heterocycles. The number of aromatic nitrogens is 2. The standard InChI is InChI=1S/C9H8N4O3/c1-5-2-3-6(4-7(5)13(14)15)8-11-9(10)12-16-8/h2-4H,1H3,(H2,10,12). The number of nitrogen functional groups attached to an aromatic ring is 1. The number of benzene rings is 1. The number of nitro benzene ring substituents is 1. The summed E-state index contributed by atoms with van der Waals surface area (Å²) in [5.41, 5.74) is 6.35. The van der Waals surface area contributed by atoms with Crippen molar-refractivity contribution in [3.05, 3.63) is 33.9 Å². The molecule has 0 saturated heterocycles. The van der Waals surface area contributed by atoms with E-state index in [4.69, 9.17) is 10.3 Å². The van der Waals surface area contributed by atoms with Crippen molar-refractivity contribution in [2.45, 2.75) is 6.92 Å². The van der Waals surface area contributed by atoms with Crippen LogP contribution in [0.3, 0.4) is 0 Å². The largest absolute Gasteiger partial charge is 0.365 e. The van der Waals surface area contributed by atoms with Crippen LogP contribution in [0.25, 0.3) is 11.5 Å². The highest BCUT2D eigenvalue weighted by Gasteiger charge is 2.14. The van der Waals surface area contributed by atoms with Crippen LogP contribution in [0.5, 0.6) is 0 Å². The molecule has 0 bridgehead atoms. The molecule has 16 heavy (non-hydrogen) atoms. The number of hydrogen-bond acceptors (Lipinski definition) is 6. The Bertz CT molecular complexity index is 549. The quantitative estimate of drug-likeness (QED) is 0.607. The Labute approximate surface area is 90.0 Å². The fourth-order valence-electron chi connectivity index (χ4n) is 1.29. The molecule has 2 rings (SSSR count). The molecule has 0 spiro atoms. The van der Waals surface area contributed by atoms with Crippen LogP contribution in [0.15, 0.2) is 22.7 Å². The first-order chi connectivity index (χ1) is 7.58. The SMILES string of the molecule is Cc1ccc(-c2nc(N)no2)cc1[N+](=O)[O-]. The molecule has 0 aliphatic carbocycles. The van der Waals surface area contributed by atoms with Gasteiger partial charge in [0, 0.05) is 17.2 Å². The summed E-state index contributed by atoms with van der Waals surface area (Å²) in [5, 5.41) is 14.1. The Morgan fingerprint density at radius 2 is 2.25 bits per heavy atom. The van der Waals surface area contributed by atoms with E-state index in [1.807, 2.05) is 0 Å². The number of rotatable bonds is 2. The lowest BCUT2D eigenvalue weighted by Gasteiger charge is -1.98. The van der Waals surface area contributed by atoms with E-state index in [1.54, 1.807) is 19.1 Å². The number of anilines is 1. The first-order valence-corrected chi connectivity index (χ1v) is 4.42. The van der Waals surface area contributed by atoms with Crippen molar-refractivity contribution in [3.63, 3.8) is 0 Å². The Morgan fingerprint density at radius 1 is 1.50 bits per heavy atom. The molecule has 0 radical (unpaired) electrons. The molecule has 0 atom stereocenters. The van der Waals surface area contributed by atoms with Crippen LogP contribution in [0.2, 0.25) is 0 Å².